The number of amides is 3. The predicted octanol–water partition coefficient (Wildman–Crippen LogP) is 2.46. The highest BCUT2D eigenvalue weighted by Crippen LogP contribution is 2.34. The lowest BCUT2D eigenvalue weighted by Gasteiger charge is -2.29. The second-order valence-corrected chi connectivity index (χ2v) is 7.65. The molecule has 26 heavy (non-hydrogen) atoms. The number of thioether (sulfide) groups is 1. The third-order valence-electron chi connectivity index (χ3n) is 3.80. The first kappa shape index (κ1) is 18.5. The molecule has 2 aromatic rings. The fourth-order valence-corrected chi connectivity index (χ4v) is 3.88. The van der Waals surface area contributed by atoms with Crippen molar-refractivity contribution in [3.05, 3.63) is 46.7 Å². The summed E-state index contributed by atoms with van der Waals surface area (Å²) in [7, 11) is 0. The van der Waals surface area contributed by atoms with E-state index in [2.05, 4.69) is 31.8 Å². The minimum absolute atomic E-state index is 0.000651. The Balaban J connectivity index is 1.47. The Hall–Kier alpha value is -2.26. The maximum absolute atomic E-state index is 12.5. The van der Waals surface area contributed by atoms with E-state index in [0.29, 0.717) is 12.2 Å². The van der Waals surface area contributed by atoms with Crippen molar-refractivity contribution in [2.75, 3.05) is 17.2 Å². The summed E-state index contributed by atoms with van der Waals surface area (Å²) in [4.78, 5) is 41.7. The van der Waals surface area contributed by atoms with Gasteiger partial charge >= 0.3 is 0 Å². The van der Waals surface area contributed by atoms with E-state index in [9.17, 15) is 14.4 Å². The van der Waals surface area contributed by atoms with Crippen LogP contribution in [-0.4, -0.2) is 35.0 Å². The second-order valence-electron chi connectivity index (χ2n) is 5.60. The van der Waals surface area contributed by atoms with Gasteiger partial charge < -0.3 is 9.88 Å². The van der Waals surface area contributed by atoms with Gasteiger partial charge in [0.15, 0.2) is 0 Å². The number of hydrazine groups is 1. The standard InChI is InChI=1S/C17H17BrN4O3S/c18-11-9-12(19-10-11)17(25)21-20-15(23)5-6-16(24)22-7-8-26-14-4-2-1-3-13(14)22/h1-4,9-10,19H,5-8H2,(H,20,23)(H,21,25). The molecule has 136 valence electrons. The van der Waals surface area contributed by atoms with Crippen LogP contribution in [0.5, 0.6) is 0 Å². The number of hydrogen-bond donors (Lipinski definition) is 3. The molecule has 3 N–H and O–H groups in total. The van der Waals surface area contributed by atoms with Crippen molar-refractivity contribution in [3.63, 3.8) is 0 Å². The largest absolute Gasteiger partial charge is 0.356 e. The molecule has 0 spiro atoms. The Bertz CT molecular complexity index is 839. The van der Waals surface area contributed by atoms with Crippen LogP contribution in [0.4, 0.5) is 5.69 Å². The SMILES string of the molecule is O=C(CCC(=O)N1CCSc2ccccc21)NNC(=O)c1cc(Br)c[nH]1. The third kappa shape index (κ3) is 4.47. The molecule has 0 atom stereocenters. The summed E-state index contributed by atoms with van der Waals surface area (Å²) < 4.78 is 0.736. The van der Waals surface area contributed by atoms with Crippen molar-refractivity contribution in [3.8, 4) is 0 Å². The summed E-state index contributed by atoms with van der Waals surface area (Å²) in [5.74, 6) is -0.154. The van der Waals surface area contributed by atoms with Crippen LogP contribution in [0.3, 0.4) is 0 Å². The summed E-state index contributed by atoms with van der Waals surface area (Å²) in [5, 5.41) is 0. The van der Waals surface area contributed by atoms with Crippen molar-refractivity contribution in [2.24, 2.45) is 0 Å². The fraction of sp³-hybridized carbons (Fsp3) is 0.235. The van der Waals surface area contributed by atoms with Crippen LogP contribution in [0.15, 0.2) is 45.9 Å². The molecule has 3 amide bonds. The van der Waals surface area contributed by atoms with Gasteiger partial charge in [0.05, 0.1) is 5.69 Å². The van der Waals surface area contributed by atoms with Crippen molar-refractivity contribution in [2.45, 2.75) is 17.7 Å². The van der Waals surface area contributed by atoms with E-state index in [1.807, 2.05) is 24.3 Å². The first-order valence-corrected chi connectivity index (χ1v) is 9.78. The third-order valence-corrected chi connectivity index (χ3v) is 5.30. The quantitative estimate of drug-likeness (QED) is 0.641. The molecule has 9 heteroatoms. The van der Waals surface area contributed by atoms with Crippen molar-refractivity contribution >= 4 is 51.1 Å². The first-order valence-electron chi connectivity index (χ1n) is 8.00. The monoisotopic (exact) mass is 436 g/mol. The van der Waals surface area contributed by atoms with Gasteiger partial charge in [0.25, 0.3) is 5.91 Å². The molecule has 1 aromatic heterocycles. The highest BCUT2D eigenvalue weighted by molar-refractivity contribution is 9.10. The zero-order valence-corrected chi connectivity index (χ0v) is 16.2. The van der Waals surface area contributed by atoms with Gasteiger partial charge in [-0.05, 0) is 34.1 Å². The molecule has 2 heterocycles. The van der Waals surface area contributed by atoms with E-state index in [-0.39, 0.29) is 18.7 Å². The van der Waals surface area contributed by atoms with Crippen molar-refractivity contribution < 1.29 is 14.4 Å². The highest BCUT2D eigenvalue weighted by atomic mass is 79.9. The predicted molar refractivity (Wildman–Crippen MR) is 103 cm³/mol. The number of aromatic nitrogens is 1. The lowest BCUT2D eigenvalue weighted by Crippen LogP contribution is -2.42. The Kier molecular flexibility index (Phi) is 6.00. The zero-order chi connectivity index (χ0) is 18.5. The summed E-state index contributed by atoms with van der Waals surface area (Å²) in [6.07, 6.45) is 1.69. The average Bonchev–Trinajstić information content (AvgIpc) is 3.10. The van der Waals surface area contributed by atoms with Gasteiger partial charge in [-0.2, -0.15) is 0 Å². The lowest BCUT2D eigenvalue weighted by molar-refractivity contribution is -0.125. The number of carbonyl (C=O) groups excluding carboxylic acids is 3. The normalized spacial score (nSPS) is 13.0. The molecule has 1 aliphatic heterocycles. The van der Waals surface area contributed by atoms with Crippen LogP contribution in [-0.2, 0) is 9.59 Å². The first-order chi connectivity index (χ1) is 12.5. The van der Waals surface area contributed by atoms with Crippen LogP contribution >= 0.6 is 27.7 Å². The smallest absolute Gasteiger partial charge is 0.286 e. The number of fused-ring (bicyclic) bond motifs is 1. The molecule has 0 radical (unpaired) electrons. The topological polar surface area (TPSA) is 94.3 Å². The maximum atomic E-state index is 12.5. The maximum Gasteiger partial charge on any atom is 0.286 e. The summed E-state index contributed by atoms with van der Waals surface area (Å²) in [6, 6.07) is 9.33. The number of hydrogen-bond acceptors (Lipinski definition) is 4. The number of benzene rings is 1. The van der Waals surface area contributed by atoms with Crippen molar-refractivity contribution in [1.29, 1.82) is 0 Å². The minimum Gasteiger partial charge on any atom is -0.356 e. The van der Waals surface area contributed by atoms with Crippen LogP contribution in [0.25, 0.3) is 0 Å². The number of nitrogens with one attached hydrogen (secondary N) is 3. The van der Waals surface area contributed by atoms with Gasteiger partial charge in [0.1, 0.15) is 5.69 Å². The average molecular weight is 437 g/mol. The van der Waals surface area contributed by atoms with E-state index >= 15 is 0 Å². The number of anilines is 1. The van der Waals surface area contributed by atoms with Gasteiger partial charge in [-0.15, -0.1) is 11.8 Å². The van der Waals surface area contributed by atoms with Gasteiger partial charge in [0.2, 0.25) is 11.8 Å². The zero-order valence-electron chi connectivity index (χ0n) is 13.8. The van der Waals surface area contributed by atoms with E-state index in [1.165, 1.54) is 0 Å². The second kappa shape index (κ2) is 8.41. The Morgan fingerprint density at radius 1 is 1.19 bits per heavy atom. The minimum atomic E-state index is -0.461. The number of carbonyl (C=O) groups is 3. The molecule has 1 aliphatic rings. The number of nitrogens with zero attached hydrogens (tertiary/aromatic N) is 1. The summed E-state index contributed by atoms with van der Waals surface area (Å²) in [6.45, 7) is 0.626. The molecule has 1 aromatic carbocycles. The molecule has 0 fully saturated rings. The Morgan fingerprint density at radius 2 is 2.00 bits per heavy atom. The molecule has 0 aliphatic carbocycles. The molecule has 0 saturated heterocycles. The van der Waals surface area contributed by atoms with Gasteiger partial charge in [-0.1, -0.05) is 12.1 Å². The van der Waals surface area contributed by atoms with Gasteiger partial charge in [0, 0.05) is 40.7 Å². The number of H-pyrrole nitrogens is 1. The van der Waals surface area contributed by atoms with E-state index in [0.717, 1.165) is 20.8 Å². The van der Waals surface area contributed by atoms with Crippen molar-refractivity contribution in [1.82, 2.24) is 15.8 Å². The molecular weight excluding hydrogens is 420 g/mol. The molecule has 0 unspecified atom stereocenters. The number of para-hydroxylation sites is 1. The Labute approximate surface area is 163 Å². The van der Waals surface area contributed by atoms with Crippen LogP contribution in [0.1, 0.15) is 23.3 Å². The van der Waals surface area contributed by atoms with Gasteiger partial charge in [-0.25, -0.2) is 0 Å². The van der Waals surface area contributed by atoms with Crippen LogP contribution < -0.4 is 15.8 Å². The van der Waals surface area contributed by atoms with Crippen LogP contribution in [0.2, 0.25) is 0 Å². The molecule has 0 bridgehead atoms. The summed E-state index contributed by atoms with van der Waals surface area (Å²) in [5.41, 5.74) is 5.84. The Morgan fingerprint density at radius 3 is 2.77 bits per heavy atom. The number of aromatic amines is 1. The molecule has 7 nitrogen and oxygen atoms in total. The molecular formula is C17H17BrN4O3S. The van der Waals surface area contributed by atoms with Crippen LogP contribution in [0, 0.1) is 0 Å². The number of rotatable bonds is 4. The van der Waals surface area contributed by atoms with Gasteiger partial charge in [-0.3, -0.25) is 25.2 Å². The van der Waals surface area contributed by atoms with E-state index in [4.69, 9.17) is 0 Å². The highest BCUT2D eigenvalue weighted by Gasteiger charge is 2.23. The molecule has 0 saturated carbocycles. The summed E-state index contributed by atoms with van der Waals surface area (Å²) >= 11 is 4.95. The van der Waals surface area contributed by atoms with E-state index < -0.39 is 11.8 Å². The lowest BCUT2D eigenvalue weighted by atomic mass is 10.2. The fourth-order valence-electron chi connectivity index (χ4n) is 2.54. The van der Waals surface area contributed by atoms with E-state index in [1.54, 1.807) is 28.9 Å². The number of halogens is 1. The molecule has 3 rings (SSSR count).